The van der Waals surface area contributed by atoms with Crippen molar-refractivity contribution >= 4 is 0 Å². The molecule has 1 N–H and O–H groups in total. The fraction of sp³-hybridized carbons (Fsp3) is 0.542. The largest absolute Gasteiger partial charge is 0.496 e. The van der Waals surface area contributed by atoms with Gasteiger partial charge in [0.05, 0.1) is 19.4 Å². The van der Waals surface area contributed by atoms with E-state index in [2.05, 4.69) is 28.1 Å². The summed E-state index contributed by atoms with van der Waals surface area (Å²) in [6.07, 6.45) is 3.74. The van der Waals surface area contributed by atoms with Crippen LogP contribution in [0.3, 0.4) is 0 Å². The third kappa shape index (κ3) is 4.04. The molecule has 3 unspecified atom stereocenters. The van der Waals surface area contributed by atoms with Crippen LogP contribution in [0.5, 0.6) is 5.75 Å². The first-order valence-corrected chi connectivity index (χ1v) is 10.6. The molecular weight excluding hydrogens is 364 g/mol. The van der Waals surface area contributed by atoms with Gasteiger partial charge in [0.2, 0.25) is 0 Å². The van der Waals surface area contributed by atoms with Gasteiger partial charge in [0.15, 0.2) is 0 Å². The zero-order valence-corrected chi connectivity index (χ0v) is 17.7. The molecule has 4 rings (SSSR count). The monoisotopic (exact) mass is 396 g/mol. The van der Waals surface area contributed by atoms with Crippen LogP contribution in [0.4, 0.5) is 0 Å². The van der Waals surface area contributed by atoms with Crippen molar-refractivity contribution in [1.82, 2.24) is 9.88 Å². The molecule has 2 aliphatic rings. The maximum atomic E-state index is 11.5. The Balaban J connectivity index is 1.47. The summed E-state index contributed by atoms with van der Waals surface area (Å²) >= 11 is 0. The first-order valence-electron chi connectivity index (χ1n) is 10.6. The Morgan fingerprint density at radius 1 is 1.24 bits per heavy atom. The molecule has 2 fully saturated rings. The first kappa shape index (κ1) is 20.3. The lowest BCUT2D eigenvalue weighted by molar-refractivity contribution is -0.0108. The van der Waals surface area contributed by atoms with Gasteiger partial charge in [-0.05, 0) is 61.9 Å². The normalized spacial score (nSPS) is 26.6. The fourth-order valence-corrected chi connectivity index (χ4v) is 5.07. The lowest BCUT2D eigenvalue weighted by Crippen LogP contribution is -2.35. The maximum absolute atomic E-state index is 11.5. The van der Waals surface area contributed by atoms with E-state index in [0.717, 1.165) is 55.0 Å². The van der Waals surface area contributed by atoms with Gasteiger partial charge in [-0.1, -0.05) is 12.1 Å². The summed E-state index contributed by atoms with van der Waals surface area (Å²) in [5.74, 6) is 1.66. The minimum Gasteiger partial charge on any atom is -0.496 e. The predicted octanol–water partition coefficient (Wildman–Crippen LogP) is 3.66. The van der Waals surface area contributed by atoms with Gasteiger partial charge >= 0.3 is 0 Å². The van der Waals surface area contributed by atoms with Crippen LogP contribution in [-0.2, 0) is 23.5 Å². The third-order valence-electron chi connectivity index (χ3n) is 6.59. The summed E-state index contributed by atoms with van der Waals surface area (Å²) in [6.45, 7) is 8.11. The minimum absolute atomic E-state index is 0.249. The van der Waals surface area contributed by atoms with Crippen LogP contribution >= 0.6 is 0 Å². The number of pyridine rings is 1. The summed E-state index contributed by atoms with van der Waals surface area (Å²) < 4.78 is 11.1. The molecule has 5 nitrogen and oxygen atoms in total. The van der Waals surface area contributed by atoms with Crippen molar-refractivity contribution in [2.45, 2.75) is 45.4 Å². The first-order chi connectivity index (χ1) is 14.0. The molecule has 2 heterocycles. The number of hydrogen-bond donors (Lipinski definition) is 1. The highest BCUT2D eigenvalue weighted by atomic mass is 16.5. The zero-order valence-electron chi connectivity index (χ0n) is 17.7. The van der Waals surface area contributed by atoms with Gasteiger partial charge in [-0.3, -0.25) is 9.88 Å². The van der Waals surface area contributed by atoms with Crippen molar-refractivity contribution in [3.63, 3.8) is 0 Å². The van der Waals surface area contributed by atoms with Crippen molar-refractivity contribution in [3.8, 4) is 5.75 Å². The van der Waals surface area contributed by atoms with Crippen LogP contribution in [0.15, 0.2) is 36.5 Å². The molecule has 156 valence electrons. The molecule has 1 saturated heterocycles. The molecule has 5 heteroatoms. The number of nitrogens with zero attached hydrogens (tertiary/aromatic N) is 2. The van der Waals surface area contributed by atoms with Crippen LogP contribution < -0.4 is 4.74 Å². The Morgan fingerprint density at radius 3 is 2.83 bits per heavy atom. The number of benzene rings is 1. The summed E-state index contributed by atoms with van der Waals surface area (Å²) in [5, 5.41) is 11.5. The molecule has 1 aliphatic carbocycles. The number of aromatic nitrogens is 1. The lowest BCUT2D eigenvalue weighted by atomic mass is 9.85. The van der Waals surface area contributed by atoms with E-state index >= 15 is 0 Å². The Bertz CT molecular complexity index is 839. The Morgan fingerprint density at radius 2 is 2.10 bits per heavy atom. The fourth-order valence-electron chi connectivity index (χ4n) is 5.07. The lowest BCUT2D eigenvalue weighted by Gasteiger charge is -2.30. The molecule has 0 amide bonds. The molecule has 2 aromatic rings. The highest BCUT2D eigenvalue weighted by Gasteiger charge is 2.53. The molecule has 1 saturated carbocycles. The molecule has 1 aromatic heterocycles. The molecule has 0 spiro atoms. The van der Waals surface area contributed by atoms with E-state index in [0.29, 0.717) is 19.1 Å². The number of aryl methyl sites for hydroxylation is 1. The SMILES string of the molecule is CCOCc1cc(CN2CC3CCC(O)(c4ccc(C)cn4)C3C2)ccc1OC. The molecule has 1 aliphatic heterocycles. The standard InChI is InChI=1S/C24H32N2O3/c1-4-29-16-20-11-18(6-7-22(20)28-3)13-26-14-19-9-10-24(27,21(19)15-26)23-8-5-17(2)12-25-23/h5-8,11-12,19,21,27H,4,9-10,13-16H2,1-3H3. The molecule has 1 aromatic carbocycles. The van der Waals surface area contributed by atoms with E-state index in [1.165, 1.54) is 5.56 Å². The number of hydrogen-bond acceptors (Lipinski definition) is 5. The van der Waals surface area contributed by atoms with Crippen LogP contribution in [0.2, 0.25) is 0 Å². The van der Waals surface area contributed by atoms with Gasteiger partial charge in [-0.15, -0.1) is 0 Å². The predicted molar refractivity (Wildman–Crippen MR) is 113 cm³/mol. The van der Waals surface area contributed by atoms with E-state index in [1.54, 1.807) is 7.11 Å². The molecule has 0 bridgehead atoms. The maximum Gasteiger partial charge on any atom is 0.124 e. The summed E-state index contributed by atoms with van der Waals surface area (Å²) in [5.41, 5.74) is 3.51. The second-order valence-electron chi connectivity index (χ2n) is 8.53. The summed E-state index contributed by atoms with van der Waals surface area (Å²) in [6, 6.07) is 10.4. The second-order valence-corrected chi connectivity index (χ2v) is 8.53. The summed E-state index contributed by atoms with van der Waals surface area (Å²) in [4.78, 5) is 7.04. The number of methoxy groups -OCH3 is 1. The Kier molecular flexibility index (Phi) is 5.91. The Hall–Kier alpha value is -1.95. The number of likely N-dealkylation sites (tertiary alicyclic amines) is 1. The Labute approximate surface area is 173 Å². The highest BCUT2D eigenvalue weighted by Crippen LogP contribution is 2.50. The molecule has 0 radical (unpaired) electrons. The van der Waals surface area contributed by atoms with Gasteiger partial charge < -0.3 is 14.6 Å². The van der Waals surface area contributed by atoms with E-state index in [9.17, 15) is 5.11 Å². The number of aliphatic hydroxyl groups is 1. The van der Waals surface area contributed by atoms with Gasteiger partial charge in [0.1, 0.15) is 11.4 Å². The topological polar surface area (TPSA) is 54.8 Å². The van der Waals surface area contributed by atoms with Crippen molar-refractivity contribution in [2.24, 2.45) is 11.8 Å². The van der Waals surface area contributed by atoms with Crippen LogP contribution in [-0.4, -0.2) is 41.8 Å². The quantitative estimate of drug-likeness (QED) is 0.774. The van der Waals surface area contributed by atoms with Crippen LogP contribution in [0.25, 0.3) is 0 Å². The van der Waals surface area contributed by atoms with Crippen LogP contribution in [0, 0.1) is 18.8 Å². The molecule has 29 heavy (non-hydrogen) atoms. The molecular formula is C24H32N2O3. The third-order valence-corrected chi connectivity index (χ3v) is 6.59. The highest BCUT2D eigenvalue weighted by molar-refractivity contribution is 5.37. The van der Waals surface area contributed by atoms with Gasteiger partial charge in [-0.2, -0.15) is 0 Å². The van der Waals surface area contributed by atoms with E-state index < -0.39 is 5.60 Å². The average molecular weight is 397 g/mol. The van der Waals surface area contributed by atoms with Gasteiger partial charge in [0, 0.05) is 43.9 Å². The minimum atomic E-state index is -0.798. The van der Waals surface area contributed by atoms with Gasteiger partial charge in [-0.25, -0.2) is 0 Å². The van der Waals surface area contributed by atoms with Gasteiger partial charge in [0.25, 0.3) is 0 Å². The zero-order chi connectivity index (χ0) is 20.4. The second kappa shape index (κ2) is 8.42. The van der Waals surface area contributed by atoms with E-state index in [4.69, 9.17) is 9.47 Å². The number of ether oxygens (including phenoxy) is 2. The van der Waals surface area contributed by atoms with Crippen molar-refractivity contribution < 1.29 is 14.6 Å². The number of fused-ring (bicyclic) bond motifs is 1. The van der Waals surface area contributed by atoms with Crippen LogP contribution in [0.1, 0.15) is 42.1 Å². The van der Waals surface area contributed by atoms with E-state index in [1.807, 2.05) is 32.2 Å². The molecule has 3 atom stereocenters. The summed E-state index contributed by atoms with van der Waals surface area (Å²) in [7, 11) is 1.70. The smallest absolute Gasteiger partial charge is 0.124 e. The van der Waals surface area contributed by atoms with E-state index in [-0.39, 0.29) is 5.92 Å². The average Bonchev–Trinajstić information content (AvgIpc) is 3.27. The van der Waals surface area contributed by atoms with Crippen molar-refractivity contribution in [3.05, 3.63) is 58.9 Å². The van der Waals surface area contributed by atoms with Crippen molar-refractivity contribution in [1.29, 1.82) is 0 Å². The number of rotatable bonds is 7. The van der Waals surface area contributed by atoms with Crippen molar-refractivity contribution in [2.75, 3.05) is 26.8 Å².